The van der Waals surface area contributed by atoms with Gasteiger partial charge in [0.15, 0.2) is 0 Å². The van der Waals surface area contributed by atoms with Crippen LogP contribution in [0.4, 0.5) is 4.79 Å². The van der Waals surface area contributed by atoms with Crippen LogP contribution in [0.25, 0.3) is 0 Å². The smallest absolute Gasteiger partial charge is 0.331 e. The molecule has 0 spiro atoms. The van der Waals surface area contributed by atoms with Crippen LogP contribution in [0, 0.1) is 0 Å². The molecule has 2 fully saturated rings. The highest BCUT2D eigenvalue weighted by atomic mass is 35.5. The lowest BCUT2D eigenvalue weighted by Gasteiger charge is -2.41. The third-order valence-electron chi connectivity index (χ3n) is 5.79. The highest BCUT2D eigenvalue weighted by molar-refractivity contribution is 7.90. The van der Waals surface area contributed by atoms with Gasteiger partial charge >= 0.3 is 6.03 Å². The summed E-state index contributed by atoms with van der Waals surface area (Å²) in [6.07, 6.45) is 3.67. The van der Waals surface area contributed by atoms with Gasteiger partial charge in [-0.15, -0.1) is 0 Å². The summed E-state index contributed by atoms with van der Waals surface area (Å²) >= 11 is 12.0. The van der Waals surface area contributed by atoms with Crippen molar-refractivity contribution in [1.82, 2.24) is 14.5 Å². The molecule has 0 atom stereocenters. The Hall–Kier alpha value is -1.22. The molecule has 0 aliphatic carbocycles. The number of carbonyl (C=O) groups is 1. The van der Waals surface area contributed by atoms with Crippen molar-refractivity contribution in [2.75, 3.05) is 26.2 Å². The number of ether oxygens (including phenoxy) is 1. The molecule has 30 heavy (non-hydrogen) atoms. The topological polar surface area (TPSA) is 79.0 Å². The van der Waals surface area contributed by atoms with Crippen molar-refractivity contribution < 1.29 is 17.9 Å². The molecule has 0 radical (unpaired) electrons. The summed E-state index contributed by atoms with van der Waals surface area (Å²) in [5.74, 6) is 0.735. The monoisotopic (exact) mass is 477 g/mol. The first-order valence-corrected chi connectivity index (χ1v) is 12.6. The van der Waals surface area contributed by atoms with E-state index in [2.05, 4.69) is 9.62 Å². The average Bonchev–Trinajstić information content (AvgIpc) is 2.71. The molecule has 2 heterocycles. The van der Waals surface area contributed by atoms with Crippen LogP contribution in [0.2, 0.25) is 10.0 Å². The molecule has 168 valence electrons. The number of benzene rings is 1. The molecule has 0 unspecified atom stereocenters. The third-order valence-corrected chi connectivity index (χ3v) is 8.23. The summed E-state index contributed by atoms with van der Waals surface area (Å²) in [7, 11) is -3.60. The summed E-state index contributed by atoms with van der Waals surface area (Å²) in [5.41, 5.74) is 0. The first-order chi connectivity index (χ1) is 14.2. The Morgan fingerprint density at radius 3 is 2.27 bits per heavy atom. The zero-order valence-corrected chi connectivity index (χ0v) is 19.6. The third kappa shape index (κ3) is 5.93. The maximum Gasteiger partial charge on any atom is 0.331 e. The van der Waals surface area contributed by atoms with Crippen molar-refractivity contribution in [2.45, 2.75) is 56.9 Å². The normalized spacial score (nSPS) is 19.8. The van der Waals surface area contributed by atoms with Crippen molar-refractivity contribution in [3.8, 4) is 5.75 Å². The van der Waals surface area contributed by atoms with E-state index in [1.54, 1.807) is 30.9 Å². The molecule has 2 aliphatic heterocycles. The van der Waals surface area contributed by atoms with Crippen LogP contribution in [0.5, 0.6) is 5.75 Å². The van der Waals surface area contributed by atoms with E-state index in [0.717, 1.165) is 44.5 Å². The maximum atomic E-state index is 12.3. The predicted molar refractivity (Wildman–Crippen MR) is 119 cm³/mol. The van der Waals surface area contributed by atoms with E-state index in [0.29, 0.717) is 29.2 Å². The van der Waals surface area contributed by atoms with Gasteiger partial charge in [-0.3, -0.25) is 4.90 Å². The number of urea groups is 1. The number of hydrogen-bond acceptors (Lipinski definition) is 5. The van der Waals surface area contributed by atoms with Crippen molar-refractivity contribution in [2.24, 2.45) is 0 Å². The minimum Gasteiger partial charge on any atom is -0.490 e. The molecule has 2 aliphatic rings. The van der Waals surface area contributed by atoms with Gasteiger partial charge < -0.3 is 9.64 Å². The molecule has 0 saturated carbocycles. The highest BCUT2D eigenvalue weighted by Gasteiger charge is 2.31. The number of amides is 2. The Balaban J connectivity index is 1.43. The molecule has 0 bridgehead atoms. The fourth-order valence-corrected chi connectivity index (χ4v) is 4.74. The molecule has 2 amide bonds. The van der Waals surface area contributed by atoms with E-state index in [9.17, 15) is 13.2 Å². The Labute approximate surface area is 188 Å². The van der Waals surface area contributed by atoms with E-state index >= 15 is 0 Å². The Morgan fingerprint density at radius 1 is 1.07 bits per heavy atom. The van der Waals surface area contributed by atoms with Crippen molar-refractivity contribution in [1.29, 1.82) is 0 Å². The first-order valence-electron chi connectivity index (χ1n) is 10.3. The lowest BCUT2D eigenvalue weighted by molar-refractivity contribution is 0.0540. The van der Waals surface area contributed by atoms with Gasteiger partial charge in [-0.25, -0.2) is 17.9 Å². The number of sulfonamides is 1. The maximum absolute atomic E-state index is 12.3. The predicted octanol–water partition coefficient (Wildman–Crippen LogP) is 3.75. The Kier molecular flexibility index (Phi) is 7.76. The molecular formula is C20H29Cl2N3O4S. The molecule has 10 heteroatoms. The summed E-state index contributed by atoms with van der Waals surface area (Å²) in [4.78, 5) is 16.3. The van der Waals surface area contributed by atoms with Crippen molar-refractivity contribution in [3.05, 3.63) is 28.2 Å². The summed E-state index contributed by atoms with van der Waals surface area (Å²) in [5, 5.41) is 0.371. The van der Waals surface area contributed by atoms with Crippen LogP contribution < -0.4 is 9.46 Å². The average molecular weight is 478 g/mol. The minimum absolute atomic E-state index is 0.144. The fraction of sp³-hybridized carbons (Fsp3) is 0.650. The number of likely N-dealkylation sites (tertiary alicyclic amines) is 2. The van der Waals surface area contributed by atoms with Crippen molar-refractivity contribution >= 4 is 39.3 Å². The molecule has 1 N–H and O–H groups in total. The van der Waals surface area contributed by atoms with Gasteiger partial charge in [0.05, 0.1) is 15.3 Å². The van der Waals surface area contributed by atoms with E-state index in [1.807, 2.05) is 6.07 Å². The van der Waals surface area contributed by atoms with Gasteiger partial charge in [0, 0.05) is 38.3 Å². The van der Waals surface area contributed by atoms with Gasteiger partial charge in [-0.05, 0) is 51.7 Å². The number of carbonyl (C=O) groups excluding carboxylic acids is 1. The second-order valence-corrected chi connectivity index (χ2v) is 11.2. The Bertz CT molecular complexity index is 850. The van der Waals surface area contributed by atoms with Gasteiger partial charge in [0.25, 0.3) is 0 Å². The van der Waals surface area contributed by atoms with Crippen LogP contribution >= 0.6 is 23.2 Å². The number of rotatable bonds is 5. The number of nitrogens with one attached hydrogen (secondary N) is 1. The van der Waals surface area contributed by atoms with Gasteiger partial charge in [-0.2, -0.15) is 0 Å². The molecule has 7 nitrogen and oxygen atoms in total. The summed E-state index contributed by atoms with van der Waals surface area (Å²) in [6.45, 7) is 6.09. The van der Waals surface area contributed by atoms with E-state index in [4.69, 9.17) is 27.9 Å². The van der Waals surface area contributed by atoms with Crippen LogP contribution in [0.1, 0.15) is 39.5 Å². The number of piperidine rings is 2. The van der Waals surface area contributed by atoms with E-state index < -0.39 is 21.3 Å². The summed E-state index contributed by atoms with van der Waals surface area (Å²) < 4.78 is 32.0. The number of nitrogens with zero attached hydrogens (tertiary/aromatic N) is 2. The number of halogens is 2. The molecule has 3 rings (SSSR count). The second kappa shape index (κ2) is 9.94. The van der Waals surface area contributed by atoms with Crippen LogP contribution in [0.3, 0.4) is 0 Å². The molecule has 2 saturated heterocycles. The Morgan fingerprint density at radius 2 is 1.70 bits per heavy atom. The molecule has 1 aromatic rings. The zero-order valence-electron chi connectivity index (χ0n) is 17.3. The summed E-state index contributed by atoms with van der Waals surface area (Å²) in [6, 6.07) is 5.21. The minimum atomic E-state index is -3.60. The lowest BCUT2D eigenvalue weighted by Crippen LogP contribution is -2.53. The van der Waals surface area contributed by atoms with Crippen molar-refractivity contribution in [3.63, 3.8) is 0 Å². The quantitative estimate of drug-likeness (QED) is 0.698. The molecule has 0 aromatic heterocycles. The lowest BCUT2D eigenvalue weighted by atomic mass is 9.99. The van der Waals surface area contributed by atoms with Crippen LogP contribution in [-0.2, 0) is 10.0 Å². The first kappa shape index (κ1) is 23.4. The SMILES string of the molecule is CC(C)S(=O)(=O)NC(=O)N1CCC(N2CCC(Oc3ccc(Cl)c(Cl)c3)CC2)CC1. The molecular weight excluding hydrogens is 449 g/mol. The van der Waals surface area contributed by atoms with Gasteiger partial charge in [0.1, 0.15) is 11.9 Å². The van der Waals surface area contributed by atoms with Gasteiger partial charge in [0.2, 0.25) is 10.0 Å². The van der Waals surface area contributed by atoms with E-state index in [-0.39, 0.29) is 6.10 Å². The van der Waals surface area contributed by atoms with Gasteiger partial charge in [-0.1, -0.05) is 23.2 Å². The highest BCUT2D eigenvalue weighted by Crippen LogP contribution is 2.29. The molecule has 1 aromatic carbocycles. The van der Waals surface area contributed by atoms with Crippen LogP contribution in [-0.4, -0.2) is 67.8 Å². The van der Waals surface area contributed by atoms with Crippen LogP contribution in [0.15, 0.2) is 18.2 Å². The van der Waals surface area contributed by atoms with E-state index in [1.165, 1.54) is 0 Å². The zero-order chi connectivity index (χ0) is 21.9. The number of hydrogen-bond donors (Lipinski definition) is 1. The largest absolute Gasteiger partial charge is 0.490 e. The standard InChI is InChI=1S/C20H29Cl2N3O4S/c1-14(2)30(27,28)23-20(26)25-9-5-15(6-10-25)24-11-7-16(8-12-24)29-17-3-4-18(21)19(22)13-17/h3-4,13-16H,5-12H2,1-2H3,(H,23,26). The second-order valence-electron chi connectivity index (χ2n) is 8.15. The fourth-order valence-electron chi connectivity index (χ4n) is 3.84.